The van der Waals surface area contributed by atoms with Crippen molar-refractivity contribution in [1.29, 1.82) is 0 Å². The highest BCUT2D eigenvalue weighted by atomic mass is 16.5. The van der Waals surface area contributed by atoms with E-state index < -0.39 is 0 Å². The van der Waals surface area contributed by atoms with Crippen molar-refractivity contribution in [2.75, 3.05) is 33.9 Å². The number of nitrogens with zero attached hydrogens (tertiary/aromatic N) is 1. The summed E-state index contributed by atoms with van der Waals surface area (Å²) in [7, 11) is 3.07. The van der Waals surface area contributed by atoms with Crippen LogP contribution in [0.3, 0.4) is 0 Å². The Hall–Kier alpha value is -2.31. The Kier molecular flexibility index (Phi) is 5.40. The fourth-order valence-corrected chi connectivity index (χ4v) is 3.32. The van der Waals surface area contributed by atoms with Gasteiger partial charge in [-0.15, -0.1) is 0 Å². The fraction of sp³-hybridized carbons (Fsp3) is 0.421. The number of ether oxygens (including phenoxy) is 2. The van der Waals surface area contributed by atoms with Crippen LogP contribution < -0.4 is 10.1 Å². The van der Waals surface area contributed by atoms with Gasteiger partial charge in [-0.1, -0.05) is 18.2 Å². The summed E-state index contributed by atoms with van der Waals surface area (Å²) in [5, 5.41) is 3.44. The van der Waals surface area contributed by atoms with Crippen molar-refractivity contribution >= 4 is 5.97 Å². The normalized spacial score (nSPS) is 18.1. The zero-order valence-electron chi connectivity index (χ0n) is 14.9. The molecule has 1 aliphatic heterocycles. The van der Waals surface area contributed by atoms with Gasteiger partial charge in [0.1, 0.15) is 22.8 Å². The zero-order valence-corrected chi connectivity index (χ0v) is 14.9. The second-order valence-corrected chi connectivity index (χ2v) is 6.11. The molecule has 0 aliphatic carbocycles. The molecule has 0 bridgehead atoms. The number of methoxy groups -OCH3 is 2. The van der Waals surface area contributed by atoms with Crippen molar-refractivity contribution in [3.8, 4) is 5.75 Å². The second-order valence-electron chi connectivity index (χ2n) is 6.11. The van der Waals surface area contributed by atoms with Gasteiger partial charge in [-0.05, 0) is 19.1 Å². The molecule has 0 spiro atoms. The number of hydrogen-bond acceptors (Lipinski definition) is 6. The maximum atomic E-state index is 11.8. The minimum atomic E-state index is -0.367. The van der Waals surface area contributed by atoms with Crippen molar-refractivity contribution in [2.24, 2.45) is 0 Å². The molecule has 0 radical (unpaired) electrons. The number of para-hydroxylation sites is 1. The summed E-state index contributed by atoms with van der Waals surface area (Å²) >= 11 is 0. The molecule has 2 aromatic rings. The van der Waals surface area contributed by atoms with E-state index in [0.717, 1.165) is 36.7 Å². The Balaban J connectivity index is 1.83. The molecule has 1 fully saturated rings. The standard InChI is InChI=1S/C19H24N2O4/c1-13-16(19(22)24-3)10-14(25-13)12-21-9-8-20-11-17(21)15-6-4-5-7-18(15)23-2/h4-7,10,17,20H,8-9,11-12H2,1-3H3. The van der Waals surface area contributed by atoms with E-state index in [2.05, 4.69) is 16.3 Å². The molecule has 0 amide bonds. The Morgan fingerprint density at radius 2 is 2.16 bits per heavy atom. The van der Waals surface area contributed by atoms with Crippen LogP contribution in [0.2, 0.25) is 0 Å². The maximum absolute atomic E-state index is 11.8. The molecule has 2 heterocycles. The molecular weight excluding hydrogens is 320 g/mol. The number of piperazine rings is 1. The average molecular weight is 344 g/mol. The number of esters is 1. The van der Waals surface area contributed by atoms with Crippen LogP contribution in [0.4, 0.5) is 0 Å². The van der Waals surface area contributed by atoms with Crippen molar-refractivity contribution < 1.29 is 18.7 Å². The molecule has 1 N–H and O–H groups in total. The first-order valence-corrected chi connectivity index (χ1v) is 8.39. The lowest BCUT2D eigenvalue weighted by Gasteiger charge is -2.36. The number of nitrogens with one attached hydrogen (secondary N) is 1. The van der Waals surface area contributed by atoms with Crippen LogP contribution in [0.15, 0.2) is 34.7 Å². The van der Waals surface area contributed by atoms with E-state index >= 15 is 0 Å². The van der Waals surface area contributed by atoms with Crippen LogP contribution in [0.5, 0.6) is 5.75 Å². The van der Waals surface area contributed by atoms with E-state index in [0.29, 0.717) is 17.9 Å². The van der Waals surface area contributed by atoms with Crippen LogP contribution >= 0.6 is 0 Å². The topological polar surface area (TPSA) is 63.9 Å². The highest BCUT2D eigenvalue weighted by Crippen LogP contribution is 2.31. The molecule has 6 heteroatoms. The molecule has 1 atom stereocenters. The predicted octanol–water partition coefficient (Wildman–Crippen LogP) is 2.53. The summed E-state index contributed by atoms with van der Waals surface area (Å²) in [5.74, 6) is 1.87. The quantitative estimate of drug-likeness (QED) is 0.841. The van der Waals surface area contributed by atoms with Crippen LogP contribution in [0, 0.1) is 6.92 Å². The predicted molar refractivity (Wildman–Crippen MR) is 93.8 cm³/mol. The van der Waals surface area contributed by atoms with Crippen molar-refractivity contribution in [3.05, 3.63) is 53.0 Å². The SMILES string of the molecule is COC(=O)c1cc(CN2CCNCC2c2ccccc2OC)oc1C. The Labute approximate surface area is 147 Å². The molecule has 1 aromatic carbocycles. The van der Waals surface area contributed by atoms with Gasteiger partial charge in [0.15, 0.2) is 0 Å². The number of rotatable bonds is 5. The van der Waals surface area contributed by atoms with Gasteiger partial charge in [0, 0.05) is 25.2 Å². The molecule has 1 aliphatic rings. The minimum Gasteiger partial charge on any atom is -0.496 e. The molecule has 1 unspecified atom stereocenters. The van der Waals surface area contributed by atoms with Crippen LogP contribution in [-0.4, -0.2) is 44.7 Å². The summed E-state index contributed by atoms with van der Waals surface area (Å²) in [4.78, 5) is 14.1. The molecule has 1 saturated heterocycles. The van der Waals surface area contributed by atoms with E-state index in [1.54, 1.807) is 20.1 Å². The van der Waals surface area contributed by atoms with Gasteiger partial charge >= 0.3 is 5.97 Å². The van der Waals surface area contributed by atoms with Crippen molar-refractivity contribution in [2.45, 2.75) is 19.5 Å². The number of aryl methyl sites for hydroxylation is 1. The van der Waals surface area contributed by atoms with E-state index in [4.69, 9.17) is 13.9 Å². The zero-order chi connectivity index (χ0) is 17.8. The third kappa shape index (κ3) is 3.70. The van der Waals surface area contributed by atoms with Gasteiger partial charge in [-0.25, -0.2) is 4.79 Å². The monoisotopic (exact) mass is 344 g/mol. The van der Waals surface area contributed by atoms with E-state index in [1.165, 1.54) is 7.11 Å². The van der Waals surface area contributed by atoms with Gasteiger partial charge in [-0.2, -0.15) is 0 Å². The Morgan fingerprint density at radius 1 is 1.36 bits per heavy atom. The molecule has 134 valence electrons. The first kappa shape index (κ1) is 17.5. The molecule has 3 rings (SSSR count). The molecular formula is C19H24N2O4. The van der Waals surface area contributed by atoms with Crippen LogP contribution in [0.25, 0.3) is 0 Å². The lowest BCUT2D eigenvalue weighted by Crippen LogP contribution is -2.45. The fourth-order valence-electron chi connectivity index (χ4n) is 3.32. The highest BCUT2D eigenvalue weighted by molar-refractivity contribution is 5.90. The minimum absolute atomic E-state index is 0.178. The molecule has 1 aromatic heterocycles. The summed E-state index contributed by atoms with van der Waals surface area (Å²) < 4.78 is 16.1. The lowest BCUT2D eigenvalue weighted by atomic mass is 10.0. The summed E-state index contributed by atoms with van der Waals surface area (Å²) in [6, 6.07) is 10.0. The first-order chi connectivity index (χ1) is 12.1. The third-order valence-corrected chi connectivity index (χ3v) is 4.59. The van der Waals surface area contributed by atoms with Crippen molar-refractivity contribution in [3.63, 3.8) is 0 Å². The summed E-state index contributed by atoms with van der Waals surface area (Å²) in [5.41, 5.74) is 1.63. The summed E-state index contributed by atoms with van der Waals surface area (Å²) in [6.45, 7) is 5.04. The maximum Gasteiger partial charge on any atom is 0.341 e. The van der Waals surface area contributed by atoms with E-state index in [1.807, 2.05) is 18.2 Å². The smallest absolute Gasteiger partial charge is 0.341 e. The van der Waals surface area contributed by atoms with Crippen LogP contribution in [-0.2, 0) is 11.3 Å². The van der Waals surface area contributed by atoms with Crippen molar-refractivity contribution in [1.82, 2.24) is 10.2 Å². The second kappa shape index (κ2) is 7.72. The molecule has 0 saturated carbocycles. The lowest BCUT2D eigenvalue weighted by molar-refractivity contribution is 0.0599. The largest absolute Gasteiger partial charge is 0.496 e. The molecule has 6 nitrogen and oxygen atoms in total. The number of hydrogen-bond donors (Lipinski definition) is 1. The number of carbonyl (C=O) groups excluding carboxylic acids is 1. The van der Waals surface area contributed by atoms with E-state index in [9.17, 15) is 4.79 Å². The van der Waals surface area contributed by atoms with Gasteiger partial charge in [0.05, 0.1) is 26.8 Å². The third-order valence-electron chi connectivity index (χ3n) is 4.59. The van der Waals surface area contributed by atoms with Gasteiger partial charge in [0.2, 0.25) is 0 Å². The first-order valence-electron chi connectivity index (χ1n) is 8.39. The van der Waals surface area contributed by atoms with Gasteiger partial charge < -0.3 is 19.2 Å². The number of carbonyl (C=O) groups is 1. The van der Waals surface area contributed by atoms with Gasteiger partial charge in [0.25, 0.3) is 0 Å². The Bertz CT molecular complexity index is 741. The van der Waals surface area contributed by atoms with Crippen LogP contribution in [0.1, 0.15) is 33.5 Å². The molecule has 25 heavy (non-hydrogen) atoms. The van der Waals surface area contributed by atoms with E-state index in [-0.39, 0.29) is 12.0 Å². The van der Waals surface area contributed by atoms with Gasteiger partial charge in [-0.3, -0.25) is 4.90 Å². The highest BCUT2D eigenvalue weighted by Gasteiger charge is 2.27. The number of furan rings is 1. The number of benzene rings is 1. The summed E-state index contributed by atoms with van der Waals surface area (Å²) in [6.07, 6.45) is 0. The Morgan fingerprint density at radius 3 is 2.92 bits per heavy atom. The average Bonchev–Trinajstić information content (AvgIpc) is 3.01.